The molecule has 0 bridgehead atoms. The van der Waals surface area contributed by atoms with Crippen LogP contribution in [-0.4, -0.2) is 97.9 Å². The lowest BCUT2D eigenvalue weighted by atomic mass is 9.85. The summed E-state index contributed by atoms with van der Waals surface area (Å²) in [5, 5.41) is 0.618. The van der Waals surface area contributed by atoms with Crippen molar-refractivity contribution in [1.29, 1.82) is 0 Å². The molecular formula is C37H45ClN6O5. The Balaban J connectivity index is 1.09. The fraction of sp³-hybridized carbons (Fsp3) is 0.514. The second-order valence-corrected chi connectivity index (χ2v) is 14.2. The van der Waals surface area contributed by atoms with E-state index in [2.05, 4.69) is 9.80 Å². The molecule has 2 aromatic carbocycles. The summed E-state index contributed by atoms with van der Waals surface area (Å²) in [6, 6.07) is 11.5. The maximum Gasteiger partial charge on any atom is 0.237 e. The number of anilines is 2. The van der Waals surface area contributed by atoms with Crippen LogP contribution >= 0.6 is 11.6 Å². The fourth-order valence-electron chi connectivity index (χ4n) is 7.77. The number of halogens is 1. The van der Waals surface area contributed by atoms with Gasteiger partial charge in [-0.1, -0.05) is 23.7 Å². The van der Waals surface area contributed by atoms with E-state index in [1.165, 1.54) is 0 Å². The minimum absolute atomic E-state index is 0.0528. The number of amides is 2. The maximum absolute atomic E-state index is 13.9. The molecule has 0 unspecified atom stereocenters. The van der Waals surface area contributed by atoms with Crippen LogP contribution in [-0.2, 0) is 20.7 Å². The third-order valence-electron chi connectivity index (χ3n) is 10.5. The molecule has 0 radical (unpaired) electrons. The number of carbonyl (C=O) groups is 2. The number of ether oxygens (including phenoxy) is 3. The zero-order valence-corrected chi connectivity index (χ0v) is 29.3. The molecule has 12 heteroatoms. The molecule has 3 fully saturated rings. The number of rotatable bonds is 10. The standard InChI is InChI=1S/C37H45ClN6O5/c1-41(20-24-6-12-28(13-7-24)43-21-36(46)42(2)23-43)33-18-40-34(19-39-33)44-35(45)16-26-15-31(47-3)32(49-22-29-5-4-14-48-29)17-30(26)37(44)25-8-10-27(38)11-9-25/h8-11,15,17-19,24,28-29,37H,4-7,12-14,16,20-23H2,1-3H3/t24?,28?,29-,37-/m0/s1. The molecule has 0 spiro atoms. The van der Waals surface area contributed by atoms with E-state index in [0.29, 0.717) is 47.5 Å². The first-order chi connectivity index (χ1) is 23.8. The van der Waals surface area contributed by atoms with Gasteiger partial charge in [0, 0.05) is 38.3 Å². The van der Waals surface area contributed by atoms with Crippen LogP contribution < -0.4 is 19.3 Å². The molecule has 7 rings (SSSR count). The number of aromatic nitrogens is 2. The second kappa shape index (κ2) is 14.5. The number of methoxy groups -OCH3 is 1. The van der Waals surface area contributed by atoms with Gasteiger partial charge in [-0.15, -0.1) is 0 Å². The Morgan fingerprint density at radius 1 is 1.00 bits per heavy atom. The van der Waals surface area contributed by atoms with Crippen LogP contribution in [0.3, 0.4) is 0 Å². The van der Waals surface area contributed by atoms with Crippen molar-refractivity contribution in [2.24, 2.45) is 5.92 Å². The number of hydrogen-bond acceptors (Lipinski definition) is 9. The van der Waals surface area contributed by atoms with Crippen LogP contribution in [0.1, 0.15) is 61.3 Å². The van der Waals surface area contributed by atoms with Crippen molar-refractivity contribution in [3.8, 4) is 11.5 Å². The summed E-state index contributed by atoms with van der Waals surface area (Å²) in [5.41, 5.74) is 2.72. The van der Waals surface area contributed by atoms with Crippen LogP contribution in [0, 0.1) is 5.92 Å². The van der Waals surface area contributed by atoms with Crippen LogP contribution in [0.4, 0.5) is 11.6 Å². The van der Waals surface area contributed by atoms with Crippen LogP contribution in [0.5, 0.6) is 11.5 Å². The van der Waals surface area contributed by atoms with Crippen molar-refractivity contribution in [1.82, 2.24) is 19.8 Å². The Hall–Kier alpha value is -3.93. The summed E-state index contributed by atoms with van der Waals surface area (Å²) in [5.74, 6) is 3.12. The first kappa shape index (κ1) is 33.6. The van der Waals surface area contributed by atoms with Gasteiger partial charge in [-0.2, -0.15) is 0 Å². The average molecular weight is 689 g/mol. The lowest BCUT2D eigenvalue weighted by Gasteiger charge is -2.37. The number of nitrogens with zero attached hydrogens (tertiary/aromatic N) is 6. The van der Waals surface area contributed by atoms with E-state index in [-0.39, 0.29) is 24.3 Å². The first-order valence-electron chi connectivity index (χ1n) is 17.3. The van der Waals surface area contributed by atoms with Gasteiger partial charge in [-0.05, 0) is 85.4 Å². The number of benzene rings is 2. The van der Waals surface area contributed by atoms with Gasteiger partial charge in [0.25, 0.3) is 0 Å². The minimum Gasteiger partial charge on any atom is -0.493 e. The zero-order valence-electron chi connectivity index (χ0n) is 28.5. The van der Waals surface area contributed by atoms with Crippen molar-refractivity contribution in [3.05, 3.63) is 70.5 Å². The van der Waals surface area contributed by atoms with E-state index < -0.39 is 6.04 Å². The Morgan fingerprint density at radius 2 is 1.80 bits per heavy atom. The third kappa shape index (κ3) is 7.20. The molecule has 2 saturated heterocycles. The summed E-state index contributed by atoms with van der Waals surface area (Å²) in [4.78, 5) is 43.6. The molecular weight excluding hydrogens is 644 g/mol. The highest BCUT2D eigenvalue weighted by Gasteiger charge is 2.37. The average Bonchev–Trinajstić information content (AvgIpc) is 3.76. The molecule has 3 aliphatic heterocycles. The molecule has 260 valence electrons. The lowest BCUT2D eigenvalue weighted by Crippen LogP contribution is -2.41. The lowest BCUT2D eigenvalue weighted by molar-refractivity contribution is -0.125. The summed E-state index contributed by atoms with van der Waals surface area (Å²) >= 11 is 6.29. The molecule has 1 aromatic heterocycles. The van der Waals surface area contributed by atoms with Crippen molar-refractivity contribution < 1.29 is 23.8 Å². The van der Waals surface area contributed by atoms with Gasteiger partial charge in [-0.3, -0.25) is 19.4 Å². The highest BCUT2D eigenvalue weighted by Crippen LogP contribution is 2.43. The maximum atomic E-state index is 13.9. The topological polar surface area (TPSA) is 101 Å². The van der Waals surface area contributed by atoms with E-state index in [0.717, 1.165) is 80.9 Å². The van der Waals surface area contributed by atoms with Crippen molar-refractivity contribution >= 4 is 35.1 Å². The van der Waals surface area contributed by atoms with Gasteiger partial charge in [0.1, 0.15) is 12.4 Å². The summed E-state index contributed by atoms with van der Waals surface area (Å²) in [6.07, 6.45) is 10.1. The van der Waals surface area contributed by atoms with Crippen molar-refractivity contribution in [2.45, 2.75) is 63.1 Å². The molecule has 2 amide bonds. The minimum atomic E-state index is -0.469. The van der Waals surface area contributed by atoms with Crippen LogP contribution in [0.15, 0.2) is 48.8 Å². The Kier molecular flexibility index (Phi) is 9.94. The molecule has 1 aliphatic carbocycles. The summed E-state index contributed by atoms with van der Waals surface area (Å²) in [7, 11) is 5.54. The fourth-order valence-corrected chi connectivity index (χ4v) is 7.90. The van der Waals surface area contributed by atoms with E-state index in [1.54, 1.807) is 24.4 Å². The first-order valence-corrected chi connectivity index (χ1v) is 17.7. The molecule has 1 saturated carbocycles. The van der Waals surface area contributed by atoms with Crippen LogP contribution in [0.25, 0.3) is 0 Å². The Labute approximate surface area is 293 Å². The van der Waals surface area contributed by atoms with Crippen molar-refractivity contribution in [3.63, 3.8) is 0 Å². The molecule has 11 nitrogen and oxygen atoms in total. The smallest absolute Gasteiger partial charge is 0.237 e. The van der Waals surface area contributed by atoms with Crippen molar-refractivity contribution in [2.75, 3.05) is 64.0 Å². The van der Waals surface area contributed by atoms with Gasteiger partial charge < -0.3 is 24.0 Å². The van der Waals surface area contributed by atoms with Gasteiger partial charge in [0.05, 0.1) is 51.3 Å². The molecule has 3 aromatic rings. The largest absolute Gasteiger partial charge is 0.493 e. The second-order valence-electron chi connectivity index (χ2n) is 13.8. The molecule has 49 heavy (non-hydrogen) atoms. The zero-order chi connectivity index (χ0) is 34.1. The number of likely N-dealkylation sites (N-methyl/N-ethyl adjacent to an activating group) is 1. The number of carbonyl (C=O) groups excluding carboxylic acids is 2. The predicted molar refractivity (Wildman–Crippen MR) is 187 cm³/mol. The quantitative estimate of drug-likeness (QED) is 0.288. The van der Waals surface area contributed by atoms with E-state index in [1.807, 2.05) is 55.4 Å². The molecule has 4 heterocycles. The molecule has 4 aliphatic rings. The van der Waals surface area contributed by atoms with Crippen LogP contribution in [0.2, 0.25) is 5.02 Å². The highest BCUT2D eigenvalue weighted by molar-refractivity contribution is 6.30. The number of hydrogen-bond donors (Lipinski definition) is 0. The van der Waals surface area contributed by atoms with E-state index in [9.17, 15) is 9.59 Å². The van der Waals surface area contributed by atoms with Gasteiger partial charge in [-0.25, -0.2) is 9.97 Å². The van der Waals surface area contributed by atoms with Gasteiger partial charge in [0.15, 0.2) is 17.3 Å². The highest BCUT2D eigenvalue weighted by atomic mass is 35.5. The molecule has 2 atom stereocenters. The van der Waals surface area contributed by atoms with Gasteiger partial charge in [0.2, 0.25) is 11.8 Å². The molecule has 0 N–H and O–H groups in total. The predicted octanol–water partition coefficient (Wildman–Crippen LogP) is 5.10. The van der Waals surface area contributed by atoms with E-state index >= 15 is 0 Å². The Bertz CT molecular complexity index is 1640. The number of fused-ring (bicyclic) bond motifs is 1. The monoisotopic (exact) mass is 688 g/mol. The Morgan fingerprint density at radius 3 is 2.45 bits per heavy atom. The summed E-state index contributed by atoms with van der Waals surface area (Å²) < 4.78 is 17.8. The van der Waals surface area contributed by atoms with E-state index in [4.69, 9.17) is 35.8 Å². The summed E-state index contributed by atoms with van der Waals surface area (Å²) in [6.45, 7) is 3.33. The normalized spacial score (nSPS) is 24.3. The SMILES string of the molecule is COc1cc2c(cc1OC[C@@H]1CCCO1)[C@H](c1ccc(Cl)cc1)N(c1cnc(N(C)CC3CCC(N4CC(=O)N(C)C4)CC3)cn1)C(=O)C2. The van der Waals surface area contributed by atoms with Gasteiger partial charge >= 0.3 is 0 Å². The third-order valence-corrected chi connectivity index (χ3v) is 10.8.